The van der Waals surface area contributed by atoms with Gasteiger partial charge in [-0.05, 0) is 36.5 Å². The van der Waals surface area contributed by atoms with Crippen molar-refractivity contribution in [2.75, 3.05) is 5.32 Å². The molecule has 4 rings (SSSR count). The van der Waals surface area contributed by atoms with Gasteiger partial charge in [0.1, 0.15) is 0 Å². The van der Waals surface area contributed by atoms with Crippen molar-refractivity contribution in [3.8, 4) is 0 Å². The first kappa shape index (κ1) is 16.8. The molecule has 24 heavy (non-hydrogen) atoms. The highest BCUT2D eigenvalue weighted by atomic mass is 35.5. The molecule has 0 fully saturated rings. The van der Waals surface area contributed by atoms with E-state index in [1.54, 1.807) is 4.57 Å². The SMILES string of the molecule is Cl.O=C1C(NC(=S)Nc2ccccc2)Sc2nc3ccccc3n21. The monoisotopic (exact) mass is 376 g/mol. The van der Waals surface area contributed by atoms with Gasteiger partial charge in [-0.15, -0.1) is 12.4 Å². The zero-order valence-electron chi connectivity index (χ0n) is 12.3. The van der Waals surface area contributed by atoms with Gasteiger partial charge in [-0.1, -0.05) is 42.1 Å². The summed E-state index contributed by atoms with van der Waals surface area (Å²) in [7, 11) is 0. The van der Waals surface area contributed by atoms with Crippen molar-refractivity contribution in [1.29, 1.82) is 0 Å². The Balaban J connectivity index is 0.00000169. The molecule has 1 aliphatic rings. The Hall–Kier alpha value is -2.09. The highest BCUT2D eigenvalue weighted by Gasteiger charge is 2.34. The maximum atomic E-state index is 12.6. The smallest absolute Gasteiger partial charge is 0.266 e. The molecular weight excluding hydrogens is 364 g/mol. The summed E-state index contributed by atoms with van der Waals surface area (Å²) in [5.41, 5.74) is 2.53. The standard InChI is InChI=1S/C16H12N4OS2.ClH/c21-14-13(19-15(22)17-10-6-2-1-3-7-10)23-16-18-11-8-4-5-9-12(11)20(14)16;/h1-9,13H,(H2,17,19,22);1H. The van der Waals surface area contributed by atoms with Crippen LogP contribution in [0.15, 0.2) is 59.8 Å². The van der Waals surface area contributed by atoms with Gasteiger partial charge < -0.3 is 10.6 Å². The van der Waals surface area contributed by atoms with E-state index in [2.05, 4.69) is 15.6 Å². The number of carbonyl (C=O) groups excluding carboxylic acids is 1. The van der Waals surface area contributed by atoms with Gasteiger partial charge in [-0.3, -0.25) is 9.36 Å². The largest absolute Gasteiger partial charge is 0.342 e. The summed E-state index contributed by atoms with van der Waals surface area (Å²) >= 11 is 6.66. The molecule has 3 aromatic rings. The lowest BCUT2D eigenvalue weighted by atomic mass is 10.3. The number of nitrogens with zero attached hydrogens (tertiary/aromatic N) is 2. The Bertz CT molecular complexity index is 913. The van der Waals surface area contributed by atoms with Gasteiger partial charge in [0.05, 0.1) is 11.0 Å². The minimum atomic E-state index is -0.467. The van der Waals surface area contributed by atoms with Crippen LogP contribution in [0.5, 0.6) is 0 Å². The zero-order valence-corrected chi connectivity index (χ0v) is 14.8. The first-order chi connectivity index (χ1) is 11.2. The third kappa shape index (κ3) is 2.98. The maximum absolute atomic E-state index is 12.6. The van der Waals surface area contributed by atoms with Gasteiger partial charge in [-0.25, -0.2) is 4.98 Å². The molecule has 2 aromatic carbocycles. The van der Waals surface area contributed by atoms with Crippen molar-refractivity contribution < 1.29 is 4.79 Å². The molecule has 2 N–H and O–H groups in total. The molecule has 122 valence electrons. The summed E-state index contributed by atoms with van der Waals surface area (Å²) in [6.07, 6.45) is 0. The van der Waals surface area contributed by atoms with Gasteiger partial charge in [0.15, 0.2) is 15.6 Å². The first-order valence-corrected chi connectivity index (χ1v) is 8.32. The predicted molar refractivity (Wildman–Crippen MR) is 103 cm³/mol. The molecule has 0 aliphatic carbocycles. The molecule has 0 bridgehead atoms. The number of anilines is 1. The maximum Gasteiger partial charge on any atom is 0.266 e. The summed E-state index contributed by atoms with van der Waals surface area (Å²) < 4.78 is 1.64. The van der Waals surface area contributed by atoms with E-state index >= 15 is 0 Å². The summed E-state index contributed by atoms with van der Waals surface area (Å²) in [5.74, 6) is -0.0593. The zero-order chi connectivity index (χ0) is 15.8. The number of nitrogens with one attached hydrogen (secondary N) is 2. The van der Waals surface area contributed by atoms with Gasteiger partial charge in [0, 0.05) is 5.69 Å². The van der Waals surface area contributed by atoms with Crippen molar-refractivity contribution in [2.45, 2.75) is 10.5 Å². The highest BCUT2D eigenvalue weighted by molar-refractivity contribution is 8.01. The van der Waals surface area contributed by atoms with Crippen LogP contribution in [0.1, 0.15) is 4.79 Å². The van der Waals surface area contributed by atoms with Crippen LogP contribution in [0.25, 0.3) is 11.0 Å². The lowest BCUT2D eigenvalue weighted by Crippen LogP contribution is -2.40. The van der Waals surface area contributed by atoms with E-state index in [0.717, 1.165) is 16.7 Å². The second kappa shape index (κ2) is 6.80. The molecule has 0 amide bonds. The van der Waals surface area contributed by atoms with Gasteiger partial charge in [0.25, 0.3) is 5.91 Å². The quantitative estimate of drug-likeness (QED) is 0.667. The Morgan fingerprint density at radius 2 is 1.83 bits per heavy atom. The van der Waals surface area contributed by atoms with Crippen LogP contribution < -0.4 is 10.6 Å². The molecule has 2 heterocycles. The predicted octanol–water partition coefficient (Wildman–Crippen LogP) is 3.52. The second-order valence-corrected chi connectivity index (χ2v) is 6.50. The van der Waals surface area contributed by atoms with Crippen LogP contribution in [-0.2, 0) is 0 Å². The van der Waals surface area contributed by atoms with E-state index in [4.69, 9.17) is 12.2 Å². The average molecular weight is 377 g/mol. The van der Waals surface area contributed by atoms with Crippen LogP contribution in [-0.4, -0.2) is 25.9 Å². The molecule has 1 unspecified atom stereocenters. The molecule has 1 aromatic heterocycles. The molecule has 5 nitrogen and oxygen atoms in total. The van der Waals surface area contributed by atoms with Crippen molar-refractivity contribution in [3.63, 3.8) is 0 Å². The molecule has 1 atom stereocenters. The number of thioether (sulfide) groups is 1. The molecule has 0 spiro atoms. The number of para-hydroxylation sites is 3. The Kier molecular flexibility index (Phi) is 4.75. The number of carbonyl (C=O) groups is 1. The number of halogens is 1. The van der Waals surface area contributed by atoms with Crippen LogP contribution in [0, 0.1) is 0 Å². The van der Waals surface area contributed by atoms with Crippen LogP contribution in [0.3, 0.4) is 0 Å². The Labute approximate surface area is 154 Å². The average Bonchev–Trinajstić information content (AvgIpc) is 3.05. The van der Waals surface area contributed by atoms with E-state index < -0.39 is 5.37 Å². The topological polar surface area (TPSA) is 59.0 Å². The summed E-state index contributed by atoms with van der Waals surface area (Å²) in [6, 6.07) is 17.2. The molecule has 0 saturated heterocycles. The van der Waals surface area contributed by atoms with Gasteiger partial charge in [0.2, 0.25) is 0 Å². The van der Waals surface area contributed by atoms with Gasteiger partial charge >= 0.3 is 0 Å². The number of thiocarbonyl (C=S) groups is 1. The fraction of sp³-hybridized carbons (Fsp3) is 0.0625. The van der Waals surface area contributed by atoms with Gasteiger partial charge in [-0.2, -0.15) is 0 Å². The van der Waals surface area contributed by atoms with E-state index in [1.165, 1.54) is 11.8 Å². The van der Waals surface area contributed by atoms with Crippen molar-refractivity contribution in [1.82, 2.24) is 14.9 Å². The van der Waals surface area contributed by atoms with E-state index in [1.807, 2.05) is 54.6 Å². The molecule has 0 saturated carbocycles. The van der Waals surface area contributed by atoms with Crippen molar-refractivity contribution in [2.24, 2.45) is 0 Å². The number of rotatable bonds is 2. The number of imidazole rings is 1. The second-order valence-electron chi connectivity index (χ2n) is 5.02. The minimum absolute atomic E-state index is 0. The fourth-order valence-corrected chi connectivity index (χ4v) is 3.82. The van der Waals surface area contributed by atoms with Crippen molar-refractivity contribution >= 4 is 64.1 Å². The number of benzene rings is 2. The first-order valence-electron chi connectivity index (χ1n) is 7.03. The summed E-state index contributed by atoms with van der Waals surface area (Å²) in [6.45, 7) is 0. The van der Waals surface area contributed by atoms with Crippen LogP contribution in [0.2, 0.25) is 0 Å². The third-order valence-corrected chi connectivity index (χ3v) is 4.75. The molecule has 1 aliphatic heterocycles. The number of hydrogen-bond donors (Lipinski definition) is 2. The van der Waals surface area contributed by atoms with Crippen molar-refractivity contribution in [3.05, 3.63) is 54.6 Å². The van der Waals surface area contributed by atoms with Crippen LogP contribution >= 0.6 is 36.4 Å². The number of hydrogen-bond acceptors (Lipinski definition) is 4. The fourth-order valence-electron chi connectivity index (χ4n) is 2.47. The Morgan fingerprint density at radius 1 is 1.12 bits per heavy atom. The molecular formula is C16H13ClN4OS2. The Morgan fingerprint density at radius 3 is 2.62 bits per heavy atom. The normalized spacial score (nSPS) is 15.7. The number of fused-ring (bicyclic) bond motifs is 3. The lowest BCUT2D eigenvalue weighted by molar-refractivity contribution is 0.0910. The molecule has 8 heteroatoms. The van der Waals surface area contributed by atoms with E-state index in [-0.39, 0.29) is 18.3 Å². The van der Waals surface area contributed by atoms with Crippen LogP contribution in [0.4, 0.5) is 5.69 Å². The number of aromatic nitrogens is 2. The van der Waals surface area contributed by atoms with E-state index in [0.29, 0.717) is 10.3 Å². The van der Waals surface area contributed by atoms with E-state index in [9.17, 15) is 4.79 Å². The minimum Gasteiger partial charge on any atom is -0.342 e. The lowest BCUT2D eigenvalue weighted by Gasteiger charge is -2.14. The summed E-state index contributed by atoms with van der Waals surface area (Å²) in [4.78, 5) is 17.1. The third-order valence-electron chi connectivity index (χ3n) is 3.49. The highest BCUT2D eigenvalue weighted by Crippen LogP contribution is 2.33. The molecule has 0 radical (unpaired) electrons. The summed E-state index contributed by atoms with van der Waals surface area (Å²) in [5, 5.41) is 6.76.